The van der Waals surface area contributed by atoms with Gasteiger partial charge in [0.15, 0.2) is 0 Å². The molecule has 3 N–H and O–H groups in total. The SMILES string of the molecule is NC(=O)NC(=O)[C@H](c1ccccc1)N1CCC(c2nc3ccccc3s2)CC1. The Bertz CT molecular complexity index is 947. The second kappa shape index (κ2) is 8.08. The second-order valence-electron chi connectivity index (χ2n) is 7.00. The van der Waals surface area contributed by atoms with E-state index in [0.29, 0.717) is 5.92 Å². The molecule has 1 aliphatic heterocycles. The van der Waals surface area contributed by atoms with Crippen LogP contribution in [0, 0.1) is 0 Å². The number of nitrogens with zero attached hydrogens (tertiary/aromatic N) is 2. The van der Waals surface area contributed by atoms with Gasteiger partial charge in [0, 0.05) is 5.92 Å². The van der Waals surface area contributed by atoms with Crippen LogP contribution in [0.15, 0.2) is 54.6 Å². The van der Waals surface area contributed by atoms with Crippen molar-refractivity contribution in [2.45, 2.75) is 24.8 Å². The van der Waals surface area contributed by atoms with Crippen molar-refractivity contribution in [3.05, 3.63) is 65.2 Å². The van der Waals surface area contributed by atoms with Crippen molar-refractivity contribution in [2.24, 2.45) is 5.73 Å². The maximum atomic E-state index is 12.7. The highest BCUT2D eigenvalue weighted by Crippen LogP contribution is 2.36. The zero-order chi connectivity index (χ0) is 19.5. The number of carbonyl (C=O) groups excluding carboxylic acids is 2. The van der Waals surface area contributed by atoms with Gasteiger partial charge in [-0.3, -0.25) is 15.0 Å². The molecule has 1 fully saturated rings. The number of hydrogen-bond donors (Lipinski definition) is 2. The fraction of sp³-hybridized carbons (Fsp3) is 0.286. The van der Waals surface area contributed by atoms with Gasteiger partial charge in [-0.2, -0.15) is 0 Å². The molecule has 2 heterocycles. The number of nitrogens with two attached hydrogens (primary N) is 1. The zero-order valence-corrected chi connectivity index (χ0v) is 16.2. The van der Waals surface area contributed by atoms with E-state index in [1.54, 1.807) is 11.3 Å². The number of rotatable bonds is 4. The number of primary amides is 1. The number of thiazole rings is 1. The smallest absolute Gasteiger partial charge is 0.318 e. The molecule has 0 radical (unpaired) electrons. The molecule has 144 valence electrons. The van der Waals surface area contributed by atoms with E-state index in [0.717, 1.165) is 37.0 Å². The minimum Gasteiger partial charge on any atom is -0.351 e. The summed E-state index contributed by atoms with van der Waals surface area (Å²) in [5, 5.41) is 3.41. The predicted molar refractivity (Wildman–Crippen MR) is 110 cm³/mol. The number of para-hydroxylation sites is 1. The van der Waals surface area contributed by atoms with Crippen LogP contribution < -0.4 is 11.1 Å². The minimum atomic E-state index is -0.824. The van der Waals surface area contributed by atoms with Crippen molar-refractivity contribution in [1.29, 1.82) is 0 Å². The van der Waals surface area contributed by atoms with Crippen LogP contribution >= 0.6 is 11.3 Å². The highest BCUT2D eigenvalue weighted by Gasteiger charge is 2.32. The number of benzene rings is 2. The Morgan fingerprint density at radius 3 is 2.43 bits per heavy atom. The quantitative estimate of drug-likeness (QED) is 0.710. The number of likely N-dealkylation sites (tertiary alicyclic amines) is 1. The summed E-state index contributed by atoms with van der Waals surface area (Å²) in [6.45, 7) is 1.51. The topological polar surface area (TPSA) is 88.3 Å². The van der Waals surface area contributed by atoms with Gasteiger partial charge in [0.25, 0.3) is 0 Å². The first-order valence-corrected chi connectivity index (χ1v) is 10.2. The molecule has 28 heavy (non-hydrogen) atoms. The van der Waals surface area contributed by atoms with E-state index in [1.807, 2.05) is 48.5 Å². The van der Waals surface area contributed by atoms with Crippen molar-refractivity contribution in [3.63, 3.8) is 0 Å². The van der Waals surface area contributed by atoms with E-state index < -0.39 is 12.1 Å². The summed E-state index contributed by atoms with van der Waals surface area (Å²) in [6.07, 6.45) is 1.85. The van der Waals surface area contributed by atoms with Crippen LogP contribution in [0.1, 0.15) is 35.4 Å². The Labute approximate surface area is 167 Å². The Morgan fingerprint density at radius 2 is 1.75 bits per heavy atom. The summed E-state index contributed by atoms with van der Waals surface area (Å²) >= 11 is 1.75. The Hall–Kier alpha value is -2.77. The second-order valence-corrected chi connectivity index (χ2v) is 8.06. The molecule has 6 nitrogen and oxygen atoms in total. The molecule has 0 spiro atoms. The summed E-state index contributed by atoms with van der Waals surface area (Å²) in [4.78, 5) is 30.8. The summed E-state index contributed by atoms with van der Waals surface area (Å²) in [6, 6.07) is 16.4. The highest BCUT2D eigenvalue weighted by atomic mass is 32.1. The van der Waals surface area contributed by atoms with Gasteiger partial charge in [-0.1, -0.05) is 42.5 Å². The van der Waals surface area contributed by atoms with E-state index in [9.17, 15) is 9.59 Å². The number of fused-ring (bicyclic) bond motifs is 1. The van der Waals surface area contributed by atoms with E-state index in [2.05, 4.69) is 16.3 Å². The maximum Gasteiger partial charge on any atom is 0.318 e. The van der Waals surface area contributed by atoms with Crippen LogP contribution in [0.2, 0.25) is 0 Å². The monoisotopic (exact) mass is 394 g/mol. The summed E-state index contributed by atoms with van der Waals surface area (Å²) in [5.74, 6) is 0.0152. The zero-order valence-electron chi connectivity index (χ0n) is 15.4. The molecule has 2 aromatic carbocycles. The van der Waals surface area contributed by atoms with E-state index >= 15 is 0 Å². The summed E-state index contributed by atoms with van der Waals surface area (Å²) < 4.78 is 1.21. The lowest BCUT2D eigenvalue weighted by atomic mass is 9.94. The fourth-order valence-electron chi connectivity index (χ4n) is 3.82. The van der Waals surface area contributed by atoms with E-state index in [4.69, 9.17) is 10.7 Å². The van der Waals surface area contributed by atoms with Gasteiger partial charge in [-0.05, 0) is 43.6 Å². The van der Waals surface area contributed by atoms with Crippen LogP contribution in [0.3, 0.4) is 0 Å². The molecule has 0 aliphatic carbocycles. The molecule has 3 amide bonds. The first kappa shape index (κ1) is 18.6. The number of aromatic nitrogens is 1. The van der Waals surface area contributed by atoms with Crippen LogP contribution in [0.4, 0.5) is 4.79 Å². The molecular weight excluding hydrogens is 372 g/mol. The standard InChI is InChI=1S/C21H22N4O2S/c22-21(27)24-19(26)18(14-6-2-1-3-7-14)25-12-10-15(11-13-25)20-23-16-8-4-5-9-17(16)28-20/h1-9,15,18H,10-13H2,(H3,22,24,26,27)/t18-/m0/s1. The summed E-state index contributed by atoms with van der Waals surface area (Å²) in [5.41, 5.74) is 7.09. The molecule has 0 bridgehead atoms. The van der Waals surface area contributed by atoms with Crippen LogP contribution in [0.25, 0.3) is 10.2 Å². The van der Waals surface area contributed by atoms with Crippen LogP contribution in [0.5, 0.6) is 0 Å². The molecule has 1 saturated heterocycles. The summed E-state index contributed by atoms with van der Waals surface area (Å²) in [7, 11) is 0. The lowest BCUT2D eigenvalue weighted by Crippen LogP contribution is -2.46. The molecule has 3 aromatic rings. The van der Waals surface area contributed by atoms with Gasteiger partial charge in [0.1, 0.15) is 6.04 Å². The van der Waals surface area contributed by atoms with Crippen molar-refractivity contribution in [1.82, 2.24) is 15.2 Å². The third kappa shape index (κ3) is 3.90. The largest absolute Gasteiger partial charge is 0.351 e. The van der Waals surface area contributed by atoms with Gasteiger partial charge < -0.3 is 5.73 Å². The number of imide groups is 1. The molecule has 1 aromatic heterocycles. The van der Waals surface area contributed by atoms with Crippen molar-refractivity contribution in [3.8, 4) is 0 Å². The Balaban J connectivity index is 1.50. The van der Waals surface area contributed by atoms with Crippen molar-refractivity contribution >= 4 is 33.5 Å². The minimum absolute atomic E-state index is 0.378. The third-order valence-electron chi connectivity index (χ3n) is 5.16. The average Bonchev–Trinajstić information content (AvgIpc) is 3.13. The predicted octanol–water partition coefficient (Wildman–Crippen LogP) is 3.41. The van der Waals surface area contributed by atoms with E-state index in [1.165, 1.54) is 9.71 Å². The van der Waals surface area contributed by atoms with Crippen molar-refractivity contribution < 1.29 is 9.59 Å². The van der Waals surface area contributed by atoms with Crippen LogP contribution in [-0.4, -0.2) is 34.9 Å². The fourth-order valence-corrected chi connectivity index (χ4v) is 4.96. The number of urea groups is 1. The molecular formula is C21H22N4O2S. The molecule has 0 unspecified atom stereocenters. The maximum absolute atomic E-state index is 12.7. The molecule has 0 saturated carbocycles. The molecule has 1 atom stereocenters. The average molecular weight is 395 g/mol. The number of nitrogens with one attached hydrogen (secondary N) is 1. The molecule has 1 aliphatic rings. The van der Waals surface area contributed by atoms with Gasteiger partial charge >= 0.3 is 6.03 Å². The van der Waals surface area contributed by atoms with Gasteiger partial charge in [0.2, 0.25) is 5.91 Å². The van der Waals surface area contributed by atoms with Crippen LogP contribution in [-0.2, 0) is 4.79 Å². The molecule has 7 heteroatoms. The van der Waals surface area contributed by atoms with E-state index in [-0.39, 0.29) is 5.91 Å². The lowest BCUT2D eigenvalue weighted by molar-refractivity contribution is -0.126. The molecule has 4 rings (SSSR count). The first-order valence-electron chi connectivity index (χ1n) is 9.36. The number of hydrogen-bond acceptors (Lipinski definition) is 5. The normalized spacial score (nSPS) is 16.7. The lowest BCUT2D eigenvalue weighted by Gasteiger charge is -2.36. The van der Waals surface area contributed by atoms with Crippen molar-refractivity contribution in [2.75, 3.05) is 13.1 Å². The van der Waals surface area contributed by atoms with Gasteiger partial charge in [0.05, 0.1) is 15.2 Å². The Morgan fingerprint density at radius 1 is 1.07 bits per heavy atom. The van der Waals surface area contributed by atoms with Gasteiger partial charge in [-0.25, -0.2) is 9.78 Å². The third-order valence-corrected chi connectivity index (χ3v) is 6.36. The van der Waals surface area contributed by atoms with Gasteiger partial charge in [-0.15, -0.1) is 11.3 Å². The number of amides is 3. The first-order chi connectivity index (χ1) is 13.6. The highest BCUT2D eigenvalue weighted by molar-refractivity contribution is 7.18. The Kier molecular flexibility index (Phi) is 5.36. The number of piperidine rings is 1. The number of carbonyl (C=O) groups is 2.